The predicted molar refractivity (Wildman–Crippen MR) is 78.8 cm³/mol. The molecule has 0 aliphatic heterocycles. The number of aromatic hydroxyl groups is 1. The van der Waals surface area contributed by atoms with Crippen molar-refractivity contribution in [1.82, 2.24) is 9.97 Å². The minimum Gasteiger partial charge on any atom is -0.505 e. The number of para-hydroxylation sites is 2. The van der Waals surface area contributed by atoms with Gasteiger partial charge >= 0.3 is 0 Å². The summed E-state index contributed by atoms with van der Waals surface area (Å²) in [6.07, 6.45) is 0. The number of hydrogen-bond acceptors (Lipinski definition) is 3. The molecule has 0 spiro atoms. The van der Waals surface area contributed by atoms with Crippen LogP contribution in [0.15, 0.2) is 33.2 Å². The van der Waals surface area contributed by atoms with Gasteiger partial charge in [-0.1, -0.05) is 12.1 Å². The molecule has 90 valence electrons. The topological polar surface area (TPSA) is 46.0 Å². The minimum atomic E-state index is 0.165. The van der Waals surface area contributed by atoms with Gasteiger partial charge in [-0.2, -0.15) is 0 Å². The van der Waals surface area contributed by atoms with Gasteiger partial charge in [0.25, 0.3) is 0 Å². The molecule has 1 heterocycles. The SMILES string of the molecule is Cc1c(Br)c(Br)c2nc3ccccc3nc2c1O. The van der Waals surface area contributed by atoms with Crippen LogP contribution in [0, 0.1) is 6.92 Å². The van der Waals surface area contributed by atoms with Crippen LogP contribution in [-0.2, 0) is 0 Å². The van der Waals surface area contributed by atoms with E-state index in [0.717, 1.165) is 25.5 Å². The summed E-state index contributed by atoms with van der Waals surface area (Å²) in [5.74, 6) is 0.165. The zero-order chi connectivity index (χ0) is 12.9. The highest BCUT2D eigenvalue weighted by Gasteiger charge is 2.16. The maximum atomic E-state index is 10.2. The fraction of sp³-hybridized carbons (Fsp3) is 0.0769. The van der Waals surface area contributed by atoms with Crippen LogP contribution in [0.25, 0.3) is 22.1 Å². The molecule has 3 aromatic rings. The first-order valence-electron chi connectivity index (χ1n) is 5.32. The van der Waals surface area contributed by atoms with Gasteiger partial charge in [-0.15, -0.1) is 0 Å². The molecule has 18 heavy (non-hydrogen) atoms. The lowest BCUT2D eigenvalue weighted by Gasteiger charge is -2.09. The summed E-state index contributed by atoms with van der Waals surface area (Å²) in [6.45, 7) is 1.83. The van der Waals surface area contributed by atoms with Crippen molar-refractivity contribution < 1.29 is 5.11 Å². The Balaban J connectivity index is 2.58. The van der Waals surface area contributed by atoms with Gasteiger partial charge in [-0.3, -0.25) is 0 Å². The molecule has 5 heteroatoms. The molecule has 1 N–H and O–H groups in total. The number of nitrogens with zero attached hydrogens (tertiary/aromatic N) is 2. The third-order valence-corrected chi connectivity index (χ3v) is 5.18. The first kappa shape index (κ1) is 11.9. The van der Waals surface area contributed by atoms with E-state index in [2.05, 4.69) is 41.8 Å². The van der Waals surface area contributed by atoms with Crippen molar-refractivity contribution in [2.24, 2.45) is 0 Å². The second kappa shape index (κ2) is 4.17. The molecular formula is C13H8Br2N2O. The fourth-order valence-electron chi connectivity index (χ4n) is 1.87. The average molecular weight is 368 g/mol. The molecule has 0 saturated heterocycles. The summed E-state index contributed by atoms with van der Waals surface area (Å²) in [7, 11) is 0. The zero-order valence-electron chi connectivity index (χ0n) is 9.41. The highest BCUT2D eigenvalue weighted by molar-refractivity contribution is 9.13. The van der Waals surface area contributed by atoms with Gasteiger partial charge in [0.1, 0.15) is 16.8 Å². The Labute approximate surface area is 120 Å². The summed E-state index contributed by atoms with van der Waals surface area (Å²) in [5, 5.41) is 10.2. The highest BCUT2D eigenvalue weighted by atomic mass is 79.9. The van der Waals surface area contributed by atoms with Gasteiger partial charge in [-0.25, -0.2) is 9.97 Å². The van der Waals surface area contributed by atoms with E-state index in [9.17, 15) is 5.11 Å². The van der Waals surface area contributed by atoms with Gasteiger partial charge in [-0.05, 0) is 50.9 Å². The van der Waals surface area contributed by atoms with Crippen molar-refractivity contribution in [1.29, 1.82) is 0 Å². The van der Waals surface area contributed by atoms with Crippen LogP contribution < -0.4 is 0 Å². The van der Waals surface area contributed by atoms with E-state index < -0.39 is 0 Å². The van der Waals surface area contributed by atoms with E-state index in [1.54, 1.807) is 0 Å². The van der Waals surface area contributed by atoms with Crippen molar-refractivity contribution in [2.75, 3.05) is 0 Å². The van der Waals surface area contributed by atoms with Crippen LogP contribution in [0.4, 0.5) is 0 Å². The summed E-state index contributed by atoms with van der Waals surface area (Å²) < 4.78 is 1.61. The average Bonchev–Trinajstić information content (AvgIpc) is 2.41. The standard InChI is InChI=1S/C13H8Br2N2O/c1-6-9(14)10(15)11-12(13(6)18)17-8-5-3-2-4-7(8)16-11/h2-5,18H,1H3. The van der Waals surface area contributed by atoms with Crippen LogP contribution in [0.1, 0.15) is 5.56 Å². The molecule has 1 aromatic heterocycles. The number of phenols is 1. The first-order valence-corrected chi connectivity index (χ1v) is 6.91. The summed E-state index contributed by atoms with van der Waals surface area (Å²) >= 11 is 6.93. The van der Waals surface area contributed by atoms with Crippen LogP contribution in [0.3, 0.4) is 0 Å². The van der Waals surface area contributed by atoms with E-state index in [1.165, 1.54) is 0 Å². The minimum absolute atomic E-state index is 0.165. The van der Waals surface area contributed by atoms with E-state index >= 15 is 0 Å². The number of phenolic OH excluding ortho intramolecular Hbond substituents is 1. The maximum absolute atomic E-state index is 10.2. The Morgan fingerprint density at radius 3 is 2.11 bits per heavy atom. The number of fused-ring (bicyclic) bond motifs is 2. The largest absolute Gasteiger partial charge is 0.505 e. The number of rotatable bonds is 0. The van der Waals surface area contributed by atoms with Crippen LogP contribution >= 0.6 is 31.9 Å². The van der Waals surface area contributed by atoms with Gasteiger partial charge in [0.15, 0.2) is 0 Å². The molecule has 2 aromatic carbocycles. The molecule has 0 atom stereocenters. The van der Waals surface area contributed by atoms with E-state index in [0.29, 0.717) is 11.0 Å². The molecule has 0 amide bonds. The van der Waals surface area contributed by atoms with Crippen molar-refractivity contribution in [3.8, 4) is 5.75 Å². The summed E-state index contributed by atoms with van der Waals surface area (Å²) in [5.41, 5.74) is 3.50. The Kier molecular flexibility index (Phi) is 2.75. The quantitative estimate of drug-likeness (QED) is 0.602. The second-order valence-corrected chi connectivity index (χ2v) is 5.60. The number of halogens is 2. The molecule has 0 aliphatic rings. The smallest absolute Gasteiger partial charge is 0.147 e. The molecule has 0 bridgehead atoms. The highest BCUT2D eigenvalue weighted by Crippen LogP contribution is 2.39. The third-order valence-electron chi connectivity index (χ3n) is 2.88. The molecule has 0 unspecified atom stereocenters. The second-order valence-electron chi connectivity index (χ2n) is 4.01. The number of aromatic nitrogens is 2. The van der Waals surface area contributed by atoms with E-state index in [1.807, 2.05) is 31.2 Å². The van der Waals surface area contributed by atoms with Gasteiger partial charge in [0.05, 0.1) is 15.5 Å². The molecule has 3 rings (SSSR count). The Hall–Kier alpha value is -1.20. The lowest BCUT2D eigenvalue weighted by atomic mass is 10.1. The Morgan fingerprint density at radius 1 is 0.944 bits per heavy atom. The van der Waals surface area contributed by atoms with Crippen LogP contribution in [0.2, 0.25) is 0 Å². The van der Waals surface area contributed by atoms with Crippen LogP contribution in [0.5, 0.6) is 5.75 Å². The molecule has 0 radical (unpaired) electrons. The molecule has 0 saturated carbocycles. The number of hydrogen-bond donors (Lipinski definition) is 1. The zero-order valence-corrected chi connectivity index (χ0v) is 12.6. The van der Waals surface area contributed by atoms with Crippen molar-refractivity contribution in [2.45, 2.75) is 6.92 Å². The lowest BCUT2D eigenvalue weighted by molar-refractivity contribution is 0.475. The third kappa shape index (κ3) is 1.61. The van der Waals surface area contributed by atoms with Crippen LogP contribution in [-0.4, -0.2) is 15.1 Å². The maximum Gasteiger partial charge on any atom is 0.147 e. The lowest BCUT2D eigenvalue weighted by Crippen LogP contribution is -1.92. The van der Waals surface area contributed by atoms with Crippen molar-refractivity contribution in [3.05, 3.63) is 38.8 Å². The Bertz CT molecular complexity index is 721. The van der Waals surface area contributed by atoms with Gasteiger partial charge in [0, 0.05) is 10.0 Å². The first-order chi connectivity index (χ1) is 8.59. The normalized spacial score (nSPS) is 11.3. The number of benzene rings is 2. The fourth-order valence-corrected chi connectivity index (χ4v) is 2.82. The van der Waals surface area contributed by atoms with E-state index in [4.69, 9.17) is 0 Å². The van der Waals surface area contributed by atoms with Gasteiger partial charge < -0.3 is 5.11 Å². The molecule has 0 fully saturated rings. The van der Waals surface area contributed by atoms with E-state index in [-0.39, 0.29) is 5.75 Å². The molecule has 3 nitrogen and oxygen atoms in total. The predicted octanol–water partition coefficient (Wildman–Crippen LogP) is 4.32. The van der Waals surface area contributed by atoms with Gasteiger partial charge in [0.2, 0.25) is 0 Å². The molecular weight excluding hydrogens is 360 g/mol. The summed E-state index contributed by atoms with van der Waals surface area (Å²) in [4.78, 5) is 9.02. The Morgan fingerprint density at radius 2 is 1.50 bits per heavy atom. The summed E-state index contributed by atoms with van der Waals surface area (Å²) in [6, 6.07) is 7.60. The molecule has 0 aliphatic carbocycles. The monoisotopic (exact) mass is 366 g/mol. The van der Waals surface area contributed by atoms with Crippen molar-refractivity contribution >= 4 is 53.9 Å². The van der Waals surface area contributed by atoms with Crippen molar-refractivity contribution in [3.63, 3.8) is 0 Å².